The van der Waals surface area contributed by atoms with Gasteiger partial charge in [0.05, 0.1) is 5.92 Å². The maximum Gasteiger partial charge on any atom is 0.396 e. The molecule has 0 spiro atoms. The van der Waals surface area contributed by atoms with Crippen LogP contribution in [0.15, 0.2) is 30.3 Å². The Kier molecular flexibility index (Phi) is 3.36. The fourth-order valence-corrected chi connectivity index (χ4v) is 1.79. The van der Waals surface area contributed by atoms with Crippen LogP contribution in [0.3, 0.4) is 0 Å². The summed E-state index contributed by atoms with van der Waals surface area (Å²) in [5.41, 5.74) is 0.298. The van der Waals surface area contributed by atoms with Gasteiger partial charge in [-0.05, 0) is 5.56 Å². The number of rotatable bonds is 2. The number of alkyl halides is 4. The molecule has 1 unspecified atom stereocenters. The first-order chi connectivity index (χ1) is 6.05. The van der Waals surface area contributed by atoms with Gasteiger partial charge in [0.25, 0.3) is 0 Å². The minimum absolute atomic E-state index is 0.0967. The number of hydrogen-bond donors (Lipinski definition) is 0. The van der Waals surface area contributed by atoms with E-state index in [-0.39, 0.29) is 5.33 Å². The van der Waals surface area contributed by atoms with E-state index in [1.54, 1.807) is 18.2 Å². The molecule has 13 heavy (non-hydrogen) atoms. The summed E-state index contributed by atoms with van der Waals surface area (Å²) in [4.78, 5) is 0. The Morgan fingerprint density at radius 2 is 1.69 bits per heavy atom. The summed E-state index contributed by atoms with van der Waals surface area (Å²) in [6.45, 7) is 0. The first kappa shape index (κ1) is 10.6. The molecule has 0 amide bonds. The highest BCUT2D eigenvalue weighted by atomic mass is 79.9. The van der Waals surface area contributed by atoms with E-state index in [1.807, 2.05) is 0 Å². The summed E-state index contributed by atoms with van der Waals surface area (Å²) < 4.78 is 37.1. The summed E-state index contributed by atoms with van der Waals surface area (Å²) in [7, 11) is 0. The van der Waals surface area contributed by atoms with Crippen molar-refractivity contribution in [2.75, 3.05) is 5.33 Å². The lowest BCUT2D eigenvalue weighted by molar-refractivity contribution is -0.144. The van der Waals surface area contributed by atoms with Gasteiger partial charge in [0.2, 0.25) is 0 Å². The van der Waals surface area contributed by atoms with Crippen molar-refractivity contribution in [3.63, 3.8) is 0 Å². The maximum absolute atomic E-state index is 12.4. The molecule has 0 aromatic heterocycles. The van der Waals surface area contributed by atoms with E-state index in [1.165, 1.54) is 12.1 Å². The molecule has 0 bridgehead atoms. The molecule has 1 atom stereocenters. The van der Waals surface area contributed by atoms with Crippen LogP contribution < -0.4 is 0 Å². The Labute approximate surface area is 82.9 Å². The van der Waals surface area contributed by atoms with Crippen molar-refractivity contribution in [1.82, 2.24) is 0 Å². The second kappa shape index (κ2) is 4.13. The minimum atomic E-state index is -4.18. The fourth-order valence-electron chi connectivity index (χ4n) is 1.05. The molecule has 1 aromatic carbocycles. The quantitative estimate of drug-likeness (QED) is 0.704. The van der Waals surface area contributed by atoms with Gasteiger partial charge in [-0.1, -0.05) is 46.3 Å². The van der Waals surface area contributed by atoms with Gasteiger partial charge in [-0.2, -0.15) is 13.2 Å². The van der Waals surface area contributed by atoms with E-state index in [0.29, 0.717) is 5.56 Å². The van der Waals surface area contributed by atoms with Crippen molar-refractivity contribution in [3.8, 4) is 0 Å². The molecule has 0 nitrogen and oxygen atoms in total. The lowest BCUT2D eigenvalue weighted by atomic mass is 10.0. The summed E-state index contributed by atoms with van der Waals surface area (Å²) in [5, 5.41) is -0.0967. The third-order valence-electron chi connectivity index (χ3n) is 1.75. The van der Waals surface area contributed by atoms with Crippen molar-refractivity contribution < 1.29 is 13.2 Å². The van der Waals surface area contributed by atoms with Gasteiger partial charge < -0.3 is 0 Å². The van der Waals surface area contributed by atoms with Gasteiger partial charge in [0, 0.05) is 5.33 Å². The van der Waals surface area contributed by atoms with Crippen molar-refractivity contribution in [3.05, 3.63) is 35.9 Å². The maximum atomic E-state index is 12.4. The van der Waals surface area contributed by atoms with E-state index in [9.17, 15) is 13.2 Å². The predicted octanol–water partition coefficient (Wildman–Crippen LogP) is 3.73. The number of hydrogen-bond acceptors (Lipinski definition) is 0. The van der Waals surface area contributed by atoms with Gasteiger partial charge in [-0.3, -0.25) is 0 Å². The van der Waals surface area contributed by atoms with Crippen LogP contribution in [0, 0.1) is 0 Å². The topological polar surface area (TPSA) is 0 Å². The third kappa shape index (κ3) is 2.72. The highest BCUT2D eigenvalue weighted by Gasteiger charge is 2.39. The molecule has 0 fully saturated rings. The Morgan fingerprint density at radius 1 is 1.15 bits per heavy atom. The van der Waals surface area contributed by atoms with Gasteiger partial charge in [0.15, 0.2) is 0 Å². The lowest BCUT2D eigenvalue weighted by Gasteiger charge is -2.17. The highest BCUT2D eigenvalue weighted by Crippen LogP contribution is 2.35. The Morgan fingerprint density at radius 3 is 2.08 bits per heavy atom. The molecule has 0 radical (unpaired) electrons. The van der Waals surface area contributed by atoms with Crippen molar-refractivity contribution in [2.45, 2.75) is 12.1 Å². The predicted molar refractivity (Wildman–Crippen MR) is 49.0 cm³/mol. The van der Waals surface area contributed by atoms with Crippen LogP contribution in [0.1, 0.15) is 11.5 Å². The Bertz CT molecular complexity index is 255. The molecule has 0 heterocycles. The normalized spacial score (nSPS) is 14.2. The van der Waals surface area contributed by atoms with E-state index in [2.05, 4.69) is 15.9 Å². The smallest absolute Gasteiger partial charge is 0.170 e. The van der Waals surface area contributed by atoms with Crippen LogP contribution in [-0.4, -0.2) is 11.5 Å². The summed E-state index contributed by atoms with van der Waals surface area (Å²) in [5.74, 6) is -1.41. The van der Waals surface area contributed by atoms with Crippen molar-refractivity contribution >= 4 is 15.9 Å². The third-order valence-corrected chi connectivity index (χ3v) is 2.40. The second-order valence-electron chi connectivity index (χ2n) is 2.66. The van der Waals surface area contributed by atoms with E-state index >= 15 is 0 Å². The van der Waals surface area contributed by atoms with E-state index < -0.39 is 12.1 Å². The molecule has 0 saturated carbocycles. The second-order valence-corrected chi connectivity index (χ2v) is 3.31. The molecule has 1 rings (SSSR count). The van der Waals surface area contributed by atoms with Gasteiger partial charge >= 0.3 is 6.18 Å². The Hall–Kier alpha value is -0.510. The molecule has 0 N–H and O–H groups in total. The largest absolute Gasteiger partial charge is 0.396 e. The standard InChI is InChI=1S/C9H8BrF3/c10-6-8(9(11,12)13)7-4-2-1-3-5-7/h1-5,8H,6H2. The van der Waals surface area contributed by atoms with Crippen molar-refractivity contribution in [1.29, 1.82) is 0 Å². The molecule has 0 aliphatic carbocycles. The van der Waals surface area contributed by atoms with Gasteiger partial charge in [-0.25, -0.2) is 0 Å². The average molecular weight is 253 g/mol. The molecule has 0 saturated heterocycles. The molecule has 0 aliphatic rings. The summed E-state index contributed by atoms with van der Waals surface area (Å²) in [6, 6.07) is 7.89. The summed E-state index contributed by atoms with van der Waals surface area (Å²) >= 11 is 2.87. The van der Waals surface area contributed by atoms with Crippen LogP contribution in [0.2, 0.25) is 0 Å². The first-order valence-corrected chi connectivity index (χ1v) is 4.85. The zero-order chi connectivity index (χ0) is 9.90. The van der Waals surface area contributed by atoms with E-state index in [4.69, 9.17) is 0 Å². The number of halogens is 4. The first-order valence-electron chi connectivity index (χ1n) is 3.73. The highest BCUT2D eigenvalue weighted by molar-refractivity contribution is 9.09. The van der Waals surface area contributed by atoms with Gasteiger partial charge in [0.1, 0.15) is 0 Å². The molecule has 0 aliphatic heterocycles. The van der Waals surface area contributed by atoms with Crippen LogP contribution in [0.25, 0.3) is 0 Å². The van der Waals surface area contributed by atoms with E-state index in [0.717, 1.165) is 0 Å². The molecule has 72 valence electrons. The van der Waals surface area contributed by atoms with Crippen molar-refractivity contribution in [2.24, 2.45) is 0 Å². The van der Waals surface area contributed by atoms with Crippen LogP contribution in [0.4, 0.5) is 13.2 Å². The lowest BCUT2D eigenvalue weighted by Crippen LogP contribution is -2.21. The van der Waals surface area contributed by atoms with Crippen LogP contribution >= 0.6 is 15.9 Å². The average Bonchev–Trinajstić information content (AvgIpc) is 2.05. The zero-order valence-corrected chi connectivity index (χ0v) is 8.27. The SMILES string of the molecule is FC(F)(F)C(CBr)c1ccccc1. The summed E-state index contributed by atoms with van der Waals surface area (Å²) in [6.07, 6.45) is -4.18. The number of benzene rings is 1. The van der Waals surface area contributed by atoms with Gasteiger partial charge in [-0.15, -0.1) is 0 Å². The fraction of sp³-hybridized carbons (Fsp3) is 0.333. The molecular formula is C9H8BrF3. The Balaban J connectivity index is 2.92. The molecule has 4 heteroatoms. The van der Waals surface area contributed by atoms with Crippen LogP contribution in [-0.2, 0) is 0 Å². The monoisotopic (exact) mass is 252 g/mol. The molecular weight excluding hydrogens is 245 g/mol. The molecule has 1 aromatic rings. The zero-order valence-electron chi connectivity index (χ0n) is 6.68. The van der Waals surface area contributed by atoms with Crippen LogP contribution in [0.5, 0.6) is 0 Å². The minimum Gasteiger partial charge on any atom is -0.170 e.